The lowest BCUT2D eigenvalue weighted by Crippen LogP contribution is -2.11. The zero-order valence-electron chi connectivity index (χ0n) is 11.2. The summed E-state index contributed by atoms with van der Waals surface area (Å²) >= 11 is 0. The molecule has 1 aliphatic rings. The predicted molar refractivity (Wildman–Crippen MR) is 77.1 cm³/mol. The summed E-state index contributed by atoms with van der Waals surface area (Å²) in [5.41, 5.74) is 7.39. The van der Waals surface area contributed by atoms with Gasteiger partial charge >= 0.3 is 0 Å². The van der Waals surface area contributed by atoms with Gasteiger partial charge in [-0.05, 0) is 60.9 Å². The summed E-state index contributed by atoms with van der Waals surface area (Å²) in [5.74, 6) is 0.606. The summed E-state index contributed by atoms with van der Waals surface area (Å²) in [6.45, 7) is 4.40. The van der Waals surface area contributed by atoms with Crippen molar-refractivity contribution in [1.82, 2.24) is 0 Å². The molecule has 1 unspecified atom stereocenters. The maximum absolute atomic E-state index is 2.38. The summed E-state index contributed by atoms with van der Waals surface area (Å²) in [5, 5.41) is 0. The van der Waals surface area contributed by atoms with Crippen molar-refractivity contribution in [3.63, 3.8) is 0 Å². The Morgan fingerprint density at radius 2 is 1.78 bits per heavy atom. The minimum Gasteiger partial charge on any atom is -0.0620 e. The van der Waals surface area contributed by atoms with Gasteiger partial charge in [-0.2, -0.15) is 0 Å². The Hall–Kier alpha value is -1.56. The summed E-state index contributed by atoms with van der Waals surface area (Å²) in [6, 6.07) is 15.9. The molecule has 92 valence electrons. The Morgan fingerprint density at radius 3 is 2.61 bits per heavy atom. The molecule has 2 aromatic rings. The summed E-state index contributed by atoms with van der Waals surface area (Å²) in [6.07, 6.45) is 3.85. The van der Waals surface area contributed by atoms with Crippen LogP contribution in [-0.2, 0) is 6.42 Å². The van der Waals surface area contributed by atoms with Gasteiger partial charge in [-0.1, -0.05) is 42.5 Å². The van der Waals surface area contributed by atoms with Crippen LogP contribution in [0.2, 0.25) is 0 Å². The number of rotatable bonds is 1. The number of hydrogen-bond acceptors (Lipinski definition) is 0. The van der Waals surface area contributed by atoms with E-state index in [4.69, 9.17) is 0 Å². The fraction of sp³-hybridized carbons (Fsp3) is 0.333. The SMILES string of the molecule is Cc1ccc(C2CCCc3ccccc32)cc1C. The highest BCUT2D eigenvalue weighted by Gasteiger charge is 2.21. The molecule has 0 fully saturated rings. The van der Waals surface area contributed by atoms with Crippen LogP contribution in [0.5, 0.6) is 0 Å². The third-order valence-corrected chi connectivity index (χ3v) is 4.30. The van der Waals surface area contributed by atoms with Crippen molar-refractivity contribution in [2.24, 2.45) is 0 Å². The molecule has 0 nitrogen and oxygen atoms in total. The first-order valence-corrected chi connectivity index (χ1v) is 6.90. The molecule has 0 radical (unpaired) electrons. The van der Waals surface area contributed by atoms with Gasteiger partial charge in [0.1, 0.15) is 0 Å². The van der Waals surface area contributed by atoms with Gasteiger partial charge in [-0.3, -0.25) is 0 Å². The van der Waals surface area contributed by atoms with Crippen molar-refractivity contribution in [3.05, 3.63) is 70.3 Å². The number of hydrogen-bond donors (Lipinski definition) is 0. The average molecular weight is 236 g/mol. The topological polar surface area (TPSA) is 0 Å². The highest BCUT2D eigenvalue weighted by atomic mass is 14.3. The van der Waals surface area contributed by atoms with Gasteiger partial charge in [0.25, 0.3) is 0 Å². The van der Waals surface area contributed by atoms with E-state index < -0.39 is 0 Å². The molecular weight excluding hydrogens is 216 g/mol. The Bertz CT molecular complexity index is 566. The molecule has 18 heavy (non-hydrogen) atoms. The minimum atomic E-state index is 0.606. The zero-order valence-corrected chi connectivity index (χ0v) is 11.2. The molecule has 1 atom stereocenters. The van der Waals surface area contributed by atoms with E-state index in [9.17, 15) is 0 Å². The molecule has 0 heteroatoms. The van der Waals surface area contributed by atoms with Gasteiger partial charge in [0.2, 0.25) is 0 Å². The lowest BCUT2D eigenvalue weighted by Gasteiger charge is -2.26. The number of fused-ring (bicyclic) bond motifs is 1. The second-order valence-electron chi connectivity index (χ2n) is 5.49. The van der Waals surface area contributed by atoms with E-state index in [0.29, 0.717) is 5.92 Å². The molecule has 0 saturated carbocycles. The highest BCUT2D eigenvalue weighted by Crippen LogP contribution is 2.36. The van der Waals surface area contributed by atoms with Crippen LogP contribution in [0.4, 0.5) is 0 Å². The maximum Gasteiger partial charge on any atom is 0.00922 e. The summed E-state index contributed by atoms with van der Waals surface area (Å²) in [4.78, 5) is 0. The van der Waals surface area contributed by atoms with Gasteiger partial charge in [-0.15, -0.1) is 0 Å². The molecule has 0 bridgehead atoms. The standard InChI is InChI=1S/C18H20/c1-13-10-11-16(12-14(13)2)18-9-5-7-15-6-3-4-8-17(15)18/h3-4,6,8,10-12,18H,5,7,9H2,1-2H3. The Labute approximate surface area is 110 Å². The summed E-state index contributed by atoms with van der Waals surface area (Å²) < 4.78 is 0. The van der Waals surface area contributed by atoms with Crippen molar-refractivity contribution in [2.75, 3.05) is 0 Å². The smallest absolute Gasteiger partial charge is 0.00922 e. The van der Waals surface area contributed by atoms with Gasteiger partial charge in [0, 0.05) is 5.92 Å². The van der Waals surface area contributed by atoms with Crippen LogP contribution in [0.25, 0.3) is 0 Å². The van der Waals surface area contributed by atoms with Gasteiger partial charge in [-0.25, -0.2) is 0 Å². The Morgan fingerprint density at radius 1 is 0.944 bits per heavy atom. The number of benzene rings is 2. The van der Waals surface area contributed by atoms with Gasteiger partial charge in [0.15, 0.2) is 0 Å². The highest BCUT2D eigenvalue weighted by molar-refractivity contribution is 5.42. The third kappa shape index (κ3) is 1.96. The van der Waals surface area contributed by atoms with Crippen molar-refractivity contribution < 1.29 is 0 Å². The summed E-state index contributed by atoms with van der Waals surface area (Å²) in [7, 11) is 0. The molecular formula is C18H20. The predicted octanol–water partition coefficient (Wildman–Crippen LogP) is 4.77. The molecule has 0 aliphatic heterocycles. The van der Waals surface area contributed by atoms with Crippen molar-refractivity contribution in [1.29, 1.82) is 0 Å². The first-order chi connectivity index (χ1) is 8.75. The van der Waals surface area contributed by atoms with E-state index in [2.05, 4.69) is 56.3 Å². The van der Waals surface area contributed by atoms with Crippen molar-refractivity contribution >= 4 is 0 Å². The minimum absolute atomic E-state index is 0.606. The van der Waals surface area contributed by atoms with E-state index in [1.54, 1.807) is 11.1 Å². The third-order valence-electron chi connectivity index (χ3n) is 4.30. The van der Waals surface area contributed by atoms with Crippen LogP contribution < -0.4 is 0 Å². The first-order valence-electron chi connectivity index (χ1n) is 6.90. The molecule has 0 saturated heterocycles. The van der Waals surface area contributed by atoms with Crippen LogP contribution in [0, 0.1) is 13.8 Å². The van der Waals surface area contributed by atoms with Crippen LogP contribution >= 0.6 is 0 Å². The molecule has 1 aliphatic carbocycles. The van der Waals surface area contributed by atoms with Gasteiger partial charge < -0.3 is 0 Å². The van der Waals surface area contributed by atoms with E-state index in [1.165, 1.54) is 36.0 Å². The fourth-order valence-corrected chi connectivity index (χ4v) is 3.08. The van der Waals surface area contributed by atoms with E-state index in [1.807, 2.05) is 0 Å². The first kappa shape index (κ1) is 11.5. The van der Waals surface area contributed by atoms with E-state index in [0.717, 1.165) is 0 Å². The molecule has 0 heterocycles. The second-order valence-corrected chi connectivity index (χ2v) is 5.49. The van der Waals surface area contributed by atoms with Crippen molar-refractivity contribution in [3.8, 4) is 0 Å². The van der Waals surface area contributed by atoms with E-state index in [-0.39, 0.29) is 0 Å². The lowest BCUT2D eigenvalue weighted by atomic mass is 9.78. The number of aryl methyl sites for hydroxylation is 3. The molecule has 0 N–H and O–H groups in total. The monoisotopic (exact) mass is 236 g/mol. The van der Waals surface area contributed by atoms with Gasteiger partial charge in [0.05, 0.1) is 0 Å². The molecule has 0 aromatic heterocycles. The Balaban J connectivity index is 2.05. The quantitative estimate of drug-likeness (QED) is 0.669. The van der Waals surface area contributed by atoms with Crippen LogP contribution in [0.3, 0.4) is 0 Å². The molecule has 3 rings (SSSR count). The largest absolute Gasteiger partial charge is 0.0620 e. The molecule has 0 amide bonds. The fourth-order valence-electron chi connectivity index (χ4n) is 3.08. The maximum atomic E-state index is 2.38. The van der Waals surface area contributed by atoms with Crippen LogP contribution in [-0.4, -0.2) is 0 Å². The van der Waals surface area contributed by atoms with Crippen molar-refractivity contribution in [2.45, 2.75) is 39.0 Å². The zero-order chi connectivity index (χ0) is 12.5. The normalized spacial score (nSPS) is 18.4. The van der Waals surface area contributed by atoms with Crippen LogP contribution in [0.1, 0.15) is 46.6 Å². The molecule has 0 spiro atoms. The lowest BCUT2D eigenvalue weighted by molar-refractivity contribution is 0.615. The second kappa shape index (κ2) is 4.61. The van der Waals surface area contributed by atoms with E-state index >= 15 is 0 Å². The average Bonchev–Trinajstić information content (AvgIpc) is 2.41. The van der Waals surface area contributed by atoms with Crippen LogP contribution in [0.15, 0.2) is 42.5 Å². The molecule has 2 aromatic carbocycles. The Kier molecular flexibility index (Phi) is 2.95.